The van der Waals surface area contributed by atoms with Gasteiger partial charge in [0.05, 0.1) is 45.3 Å². The normalized spacial score (nSPS) is 11.0. The first-order chi connectivity index (χ1) is 13.5. The standard InChI is InChI=1S/C20H14BrClFN3O2/c1-11-14(10-24-26(11)12-6-8-13(27-2)9-7-12)20-18(21)19(25-28-20)17-15(22)4-3-5-16(17)23/h3-10H,1-2H3. The van der Waals surface area contributed by atoms with E-state index in [1.165, 1.54) is 6.07 Å². The van der Waals surface area contributed by atoms with E-state index in [1.54, 1.807) is 30.1 Å². The maximum absolute atomic E-state index is 14.3. The molecule has 0 spiro atoms. The Morgan fingerprint density at radius 3 is 2.61 bits per heavy atom. The second-order valence-electron chi connectivity index (χ2n) is 6.02. The van der Waals surface area contributed by atoms with Crippen molar-refractivity contribution in [3.8, 4) is 34.0 Å². The van der Waals surface area contributed by atoms with E-state index in [2.05, 4.69) is 26.2 Å². The Morgan fingerprint density at radius 2 is 1.93 bits per heavy atom. The number of benzene rings is 2. The van der Waals surface area contributed by atoms with Gasteiger partial charge >= 0.3 is 0 Å². The highest BCUT2D eigenvalue weighted by Gasteiger charge is 2.24. The first-order valence-electron chi connectivity index (χ1n) is 8.30. The lowest BCUT2D eigenvalue weighted by atomic mass is 10.1. The third kappa shape index (κ3) is 3.10. The summed E-state index contributed by atoms with van der Waals surface area (Å²) in [5, 5.41) is 8.73. The topological polar surface area (TPSA) is 53.1 Å². The molecule has 0 saturated carbocycles. The molecule has 0 aliphatic carbocycles. The Bertz CT molecular complexity index is 1130. The lowest BCUT2D eigenvalue weighted by Crippen LogP contribution is -1.98. The van der Waals surface area contributed by atoms with Gasteiger partial charge < -0.3 is 9.26 Å². The van der Waals surface area contributed by atoms with Crippen LogP contribution in [0.25, 0.3) is 28.3 Å². The number of hydrogen-bond acceptors (Lipinski definition) is 4. The first-order valence-corrected chi connectivity index (χ1v) is 9.47. The monoisotopic (exact) mass is 461 g/mol. The van der Waals surface area contributed by atoms with E-state index in [0.29, 0.717) is 15.9 Å². The Hall–Kier alpha value is -2.64. The number of methoxy groups -OCH3 is 1. The summed E-state index contributed by atoms with van der Waals surface area (Å²) in [6, 6.07) is 12.0. The highest BCUT2D eigenvalue weighted by Crippen LogP contribution is 2.41. The minimum absolute atomic E-state index is 0.186. The molecule has 0 amide bonds. The van der Waals surface area contributed by atoms with Crippen LogP contribution in [0.1, 0.15) is 5.69 Å². The molecule has 0 atom stereocenters. The average Bonchev–Trinajstić information content (AvgIpc) is 3.25. The van der Waals surface area contributed by atoms with Crippen molar-refractivity contribution in [1.82, 2.24) is 14.9 Å². The molecule has 0 aliphatic heterocycles. The van der Waals surface area contributed by atoms with Crippen molar-refractivity contribution < 1.29 is 13.7 Å². The van der Waals surface area contributed by atoms with Crippen molar-refractivity contribution in [2.45, 2.75) is 6.92 Å². The van der Waals surface area contributed by atoms with E-state index in [1.807, 2.05) is 31.2 Å². The number of nitrogens with zero attached hydrogens (tertiary/aromatic N) is 3. The van der Waals surface area contributed by atoms with Gasteiger partial charge in [-0.2, -0.15) is 5.10 Å². The van der Waals surface area contributed by atoms with Gasteiger partial charge in [0.15, 0.2) is 5.76 Å². The van der Waals surface area contributed by atoms with Crippen molar-refractivity contribution >= 4 is 27.5 Å². The third-order valence-electron chi connectivity index (χ3n) is 4.41. The van der Waals surface area contributed by atoms with E-state index >= 15 is 0 Å². The molecule has 0 radical (unpaired) electrons. The summed E-state index contributed by atoms with van der Waals surface area (Å²) >= 11 is 9.64. The molecule has 0 fully saturated rings. The van der Waals surface area contributed by atoms with E-state index in [4.69, 9.17) is 20.9 Å². The molecule has 0 unspecified atom stereocenters. The predicted molar refractivity (Wildman–Crippen MR) is 108 cm³/mol. The summed E-state index contributed by atoms with van der Waals surface area (Å²) in [5.41, 5.74) is 2.93. The van der Waals surface area contributed by atoms with Crippen molar-refractivity contribution in [3.05, 3.63) is 69.7 Å². The van der Waals surface area contributed by atoms with Crippen molar-refractivity contribution in [2.75, 3.05) is 7.11 Å². The van der Waals surface area contributed by atoms with Crippen LogP contribution in [0.4, 0.5) is 4.39 Å². The molecule has 0 bridgehead atoms. The maximum Gasteiger partial charge on any atom is 0.185 e. The molecule has 2 aromatic carbocycles. The molecule has 4 rings (SSSR count). The minimum Gasteiger partial charge on any atom is -0.497 e. The summed E-state index contributed by atoms with van der Waals surface area (Å²) in [4.78, 5) is 0. The van der Waals surface area contributed by atoms with Crippen LogP contribution in [-0.4, -0.2) is 22.0 Å². The van der Waals surface area contributed by atoms with E-state index < -0.39 is 5.82 Å². The van der Waals surface area contributed by atoms with Crippen molar-refractivity contribution in [1.29, 1.82) is 0 Å². The van der Waals surface area contributed by atoms with E-state index in [0.717, 1.165) is 22.7 Å². The summed E-state index contributed by atoms with van der Waals surface area (Å²) in [6.07, 6.45) is 1.68. The smallest absolute Gasteiger partial charge is 0.185 e. The first kappa shape index (κ1) is 18.7. The van der Waals surface area contributed by atoms with Crippen LogP contribution in [0.2, 0.25) is 5.02 Å². The van der Waals surface area contributed by atoms with Gasteiger partial charge in [0.2, 0.25) is 0 Å². The SMILES string of the molecule is COc1ccc(-n2ncc(-c3onc(-c4c(F)cccc4Cl)c3Br)c2C)cc1. The minimum atomic E-state index is -0.473. The van der Waals surface area contributed by atoms with Gasteiger partial charge in [0.1, 0.15) is 17.3 Å². The van der Waals surface area contributed by atoms with Gasteiger partial charge in [-0.15, -0.1) is 0 Å². The molecule has 2 aromatic heterocycles. The second-order valence-corrected chi connectivity index (χ2v) is 7.22. The number of aromatic nitrogens is 3. The molecule has 8 heteroatoms. The molecular formula is C20H14BrClFN3O2. The van der Waals surface area contributed by atoms with Crippen LogP contribution in [0, 0.1) is 12.7 Å². The molecule has 0 saturated heterocycles. The highest BCUT2D eigenvalue weighted by atomic mass is 79.9. The van der Waals surface area contributed by atoms with Crippen molar-refractivity contribution in [3.63, 3.8) is 0 Å². The number of hydrogen-bond donors (Lipinski definition) is 0. The molecule has 5 nitrogen and oxygen atoms in total. The third-order valence-corrected chi connectivity index (χ3v) is 5.46. The molecule has 0 N–H and O–H groups in total. The van der Waals surface area contributed by atoms with Crippen LogP contribution in [0.5, 0.6) is 5.75 Å². The fraction of sp³-hybridized carbons (Fsp3) is 0.100. The Morgan fingerprint density at radius 1 is 1.18 bits per heavy atom. The zero-order valence-electron chi connectivity index (χ0n) is 14.9. The summed E-state index contributed by atoms with van der Waals surface area (Å²) in [7, 11) is 1.62. The quantitative estimate of drug-likeness (QED) is 0.369. The fourth-order valence-corrected chi connectivity index (χ4v) is 3.75. The van der Waals surface area contributed by atoms with E-state index in [9.17, 15) is 4.39 Å². The summed E-state index contributed by atoms with van der Waals surface area (Å²) in [6.45, 7) is 1.91. The second kappa shape index (κ2) is 7.41. The van der Waals surface area contributed by atoms with Gasteiger partial charge in [0, 0.05) is 0 Å². The molecule has 2 heterocycles. The van der Waals surface area contributed by atoms with Gasteiger partial charge in [-0.25, -0.2) is 9.07 Å². The molecule has 0 aliphatic rings. The highest BCUT2D eigenvalue weighted by molar-refractivity contribution is 9.10. The number of halogens is 3. The van der Waals surface area contributed by atoms with Gasteiger partial charge in [-0.1, -0.05) is 22.8 Å². The van der Waals surface area contributed by atoms with Crippen LogP contribution < -0.4 is 4.74 Å². The maximum atomic E-state index is 14.3. The lowest BCUT2D eigenvalue weighted by Gasteiger charge is -2.06. The Balaban J connectivity index is 1.77. The van der Waals surface area contributed by atoms with Gasteiger partial charge in [-0.3, -0.25) is 0 Å². The van der Waals surface area contributed by atoms with E-state index in [-0.39, 0.29) is 10.6 Å². The molecule has 142 valence electrons. The Labute approximate surface area is 173 Å². The fourth-order valence-electron chi connectivity index (χ4n) is 2.94. The summed E-state index contributed by atoms with van der Waals surface area (Å²) in [5.74, 6) is 0.739. The molecule has 4 aromatic rings. The number of ether oxygens (including phenoxy) is 1. The largest absolute Gasteiger partial charge is 0.497 e. The van der Waals surface area contributed by atoms with Crippen LogP contribution in [0.15, 0.2) is 57.7 Å². The summed E-state index contributed by atoms with van der Waals surface area (Å²) < 4.78 is 27.3. The predicted octanol–water partition coefficient (Wildman–Crippen LogP) is 6.07. The van der Waals surface area contributed by atoms with Crippen LogP contribution in [0.3, 0.4) is 0 Å². The zero-order chi connectivity index (χ0) is 19.8. The molecular weight excluding hydrogens is 449 g/mol. The van der Waals surface area contributed by atoms with Crippen LogP contribution >= 0.6 is 27.5 Å². The zero-order valence-corrected chi connectivity index (χ0v) is 17.3. The van der Waals surface area contributed by atoms with Crippen molar-refractivity contribution in [2.24, 2.45) is 0 Å². The number of rotatable bonds is 4. The molecule has 28 heavy (non-hydrogen) atoms. The van der Waals surface area contributed by atoms with Gasteiger partial charge in [-0.05, 0) is 59.3 Å². The van der Waals surface area contributed by atoms with Crippen LogP contribution in [-0.2, 0) is 0 Å². The average molecular weight is 463 g/mol. The Kier molecular flexibility index (Phi) is 4.95. The lowest BCUT2D eigenvalue weighted by molar-refractivity contribution is 0.414. The van der Waals surface area contributed by atoms with Gasteiger partial charge in [0.25, 0.3) is 0 Å².